The third-order valence-electron chi connectivity index (χ3n) is 0. The fourth-order valence-corrected chi connectivity index (χ4v) is 0. The maximum atomic E-state index is 8.74. The minimum Gasteiger partial charge on any atom is -0.450 e. The number of rotatable bonds is 0. The Balaban J connectivity index is -0.00000000614. The molecule has 0 rings (SSSR count). The standard InChI is InChI=1S/CH2O3.Al.Cr.Fe.Mg.Ni.H2O4S.2H2O.5H/c2-1(3)4;;;;;;1-5(2,3)4;;;;;;;/h(H2,2,3,4);;;;;;(H2,1,2,3,4);2*1H2;;;;;. The van der Waals surface area contributed by atoms with Gasteiger partial charge in [0.15, 0.2) is 17.4 Å². The predicted octanol–water partition coefficient (Wildman–Crippen LogP) is -4.19. The number of hydrogen-bond acceptors (Lipinski definition) is 3. The van der Waals surface area contributed by atoms with Crippen LogP contribution in [0.15, 0.2) is 0 Å². The average molecular weight is 419 g/mol. The molecule has 0 aromatic carbocycles. The van der Waals surface area contributed by atoms with Crippen molar-refractivity contribution < 1.29 is 94.4 Å². The molecule has 0 radical (unpaired) electrons. The Labute approximate surface area is 150 Å². The van der Waals surface area contributed by atoms with Gasteiger partial charge in [0.25, 0.3) is 0 Å². The summed E-state index contributed by atoms with van der Waals surface area (Å²) in [5.74, 6) is 0. The molecule has 0 fully saturated rings. The maximum Gasteiger partial charge on any atom is 0.503 e. The van der Waals surface area contributed by atoms with Gasteiger partial charge < -0.3 is 21.2 Å². The quantitative estimate of drug-likeness (QED) is 0.226. The van der Waals surface area contributed by atoms with Gasteiger partial charge in [-0.05, 0) is 0 Å². The molecule has 0 heterocycles. The predicted molar refractivity (Wildman–Crippen MR) is 50.5 cm³/mol. The maximum absolute atomic E-state index is 8.74. The summed E-state index contributed by atoms with van der Waals surface area (Å²) in [4.78, 5) is 8.56. The van der Waals surface area contributed by atoms with Crippen LogP contribution in [0.3, 0.4) is 0 Å². The van der Waals surface area contributed by atoms with E-state index in [-0.39, 0.29) is 102 Å². The Morgan fingerprint density at radius 3 is 1.00 bits per heavy atom. The molecule has 9 nitrogen and oxygen atoms in total. The Kier molecular flexibility index (Phi) is 145. The third-order valence-corrected chi connectivity index (χ3v) is 0. The zero-order chi connectivity index (χ0) is 8.08. The van der Waals surface area contributed by atoms with Crippen LogP contribution >= 0.6 is 0 Å². The SMILES string of the molecule is O.O.O=C(O)O.O=S(=O)(O)O.[AlH3].[Cr].[Fe].[MgH2].[Ni]. The normalized spacial score (nSPS) is 5.12. The topological polar surface area (TPSA) is 195 Å². The fourth-order valence-electron chi connectivity index (χ4n) is 0. The molecule has 0 atom stereocenters. The van der Waals surface area contributed by atoms with Crippen LogP contribution in [0, 0.1) is 0 Å². The van der Waals surface area contributed by atoms with Crippen LogP contribution in [-0.4, -0.2) is 85.3 Å². The Bertz CT molecular complexity index is 178. The molecule has 0 spiro atoms. The van der Waals surface area contributed by atoms with E-state index >= 15 is 0 Å². The van der Waals surface area contributed by atoms with E-state index in [2.05, 4.69) is 0 Å². The first kappa shape index (κ1) is 64.5. The van der Waals surface area contributed by atoms with Crippen LogP contribution in [0.2, 0.25) is 0 Å². The van der Waals surface area contributed by atoms with Crippen LogP contribution in [0.5, 0.6) is 0 Å². The Hall–Kier alpha value is 1.90. The molecule has 0 saturated carbocycles. The summed E-state index contributed by atoms with van der Waals surface area (Å²) < 4.78 is 31.6. The smallest absolute Gasteiger partial charge is 0.450 e. The molecule has 16 heavy (non-hydrogen) atoms. The summed E-state index contributed by atoms with van der Waals surface area (Å²) in [6.07, 6.45) is -1.83. The minimum absolute atomic E-state index is 0. The number of hydrogen-bond donors (Lipinski definition) is 4. The molecule has 15 heteroatoms. The zero-order valence-corrected chi connectivity index (χ0v) is 10.2. The van der Waals surface area contributed by atoms with Crippen LogP contribution in [0.1, 0.15) is 0 Å². The first-order valence-corrected chi connectivity index (χ1v) is 2.75. The molecule has 0 bridgehead atoms. The van der Waals surface area contributed by atoms with E-state index in [4.69, 9.17) is 32.5 Å². The third kappa shape index (κ3) is 974. The van der Waals surface area contributed by atoms with Crippen molar-refractivity contribution in [2.45, 2.75) is 0 Å². The molecule has 0 unspecified atom stereocenters. The summed E-state index contributed by atoms with van der Waals surface area (Å²) >= 11 is 0. The molecule has 0 amide bonds. The second-order valence-electron chi connectivity index (χ2n) is 0.730. The average Bonchev–Trinajstić information content (AvgIpc) is 1.19. The van der Waals surface area contributed by atoms with Gasteiger partial charge in [0.2, 0.25) is 0 Å². The first-order valence-electron chi connectivity index (χ1n) is 1.35. The van der Waals surface area contributed by atoms with E-state index in [9.17, 15) is 0 Å². The van der Waals surface area contributed by atoms with Crippen molar-refractivity contribution in [2.75, 3.05) is 0 Å². The van der Waals surface area contributed by atoms with E-state index in [1.54, 1.807) is 0 Å². The van der Waals surface area contributed by atoms with Gasteiger partial charge in [0.05, 0.1) is 0 Å². The van der Waals surface area contributed by atoms with Gasteiger partial charge in [-0.2, -0.15) is 8.42 Å². The largest absolute Gasteiger partial charge is 0.503 e. The molecular formula is CH13AlCrFeMgNiO9S. The molecule has 106 valence electrons. The summed E-state index contributed by atoms with van der Waals surface area (Å²) in [5.41, 5.74) is 0. The summed E-state index contributed by atoms with van der Waals surface area (Å²) in [5, 5.41) is 13.9. The first-order chi connectivity index (χ1) is 3.73. The minimum atomic E-state index is -4.67. The van der Waals surface area contributed by atoms with E-state index in [1.807, 2.05) is 0 Å². The van der Waals surface area contributed by atoms with Crippen LogP contribution < -0.4 is 0 Å². The number of carboxylic acid groups (broad SMARTS) is 2. The van der Waals surface area contributed by atoms with Crippen LogP contribution in [0.4, 0.5) is 4.79 Å². The van der Waals surface area contributed by atoms with E-state index in [0.717, 1.165) is 0 Å². The van der Waals surface area contributed by atoms with Gasteiger partial charge in [-0.1, -0.05) is 0 Å². The van der Waals surface area contributed by atoms with Gasteiger partial charge in [0.1, 0.15) is 0 Å². The molecular weight excluding hydrogens is 406 g/mol. The van der Waals surface area contributed by atoms with Crippen molar-refractivity contribution in [3.8, 4) is 0 Å². The molecule has 0 aliphatic heterocycles. The molecule has 8 N–H and O–H groups in total. The van der Waals surface area contributed by atoms with E-state index in [1.165, 1.54) is 0 Å². The van der Waals surface area contributed by atoms with Crippen molar-refractivity contribution >= 4 is 57.0 Å². The molecule has 0 aliphatic rings. The van der Waals surface area contributed by atoms with Crippen molar-refractivity contribution in [2.24, 2.45) is 0 Å². The molecule has 0 aromatic heterocycles. The van der Waals surface area contributed by atoms with Gasteiger partial charge in [-0.15, -0.1) is 0 Å². The van der Waals surface area contributed by atoms with Crippen molar-refractivity contribution in [1.82, 2.24) is 0 Å². The van der Waals surface area contributed by atoms with E-state index < -0.39 is 16.6 Å². The molecule has 0 aliphatic carbocycles. The summed E-state index contributed by atoms with van der Waals surface area (Å²) in [6, 6.07) is 0. The van der Waals surface area contributed by atoms with E-state index in [0.29, 0.717) is 0 Å². The van der Waals surface area contributed by atoms with Gasteiger partial charge in [-0.3, -0.25) is 9.11 Å². The zero-order valence-electron chi connectivity index (χ0n) is 6.00. The summed E-state index contributed by atoms with van der Waals surface area (Å²) in [7, 11) is -4.67. The number of carbonyl (C=O) groups is 1. The van der Waals surface area contributed by atoms with Crippen LogP contribution in [0.25, 0.3) is 0 Å². The summed E-state index contributed by atoms with van der Waals surface area (Å²) in [6.45, 7) is 0. The molecule has 0 aromatic rings. The second kappa shape index (κ2) is 36.0. The second-order valence-corrected chi connectivity index (χ2v) is 1.63. The van der Waals surface area contributed by atoms with Crippen LogP contribution in [-0.2, 0) is 61.3 Å². The van der Waals surface area contributed by atoms with Gasteiger partial charge in [-0.25, -0.2) is 4.79 Å². The van der Waals surface area contributed by atoms with Crippen molar-refractivity contribution in [3.05, 3.63) is 0 Å². The monoisotopic (exact) mass is 418 g/mol. The van der Waals surface area contributed by atoms with Gasteiger partial charge in [0, 0.05) is 50.9 Å². The van der Waals surface area contributed by atoms with Crippen molar-refractivity contribution in [1.29, 1.82) is 0 Å². The van der Waals surface area contributed by atoms with Gasteiger partial charge >= 0.3 is 39.6 Å². The fraction of sp³-hybridized carbons (Fsp3) is 0. The molecule has 0 saturated heterocycles. The van der Waals surface area contributed by atoms with Crippen molar-refractivity contribution in [3.63, 3.8) is 0 Å². The Morgan fingerprint density at radius 1 is 1.00 bits per heavy atom. The Morgan fingerprint density at radius 2 is 1.00 bits per heavy atom.